The van der Waals surface area contributed by atoms with Crippen molar-refractivity contribution in [3.63, 3.8) is 0 Å². The Balaban J connectivity index is 2.39. The molecule has 0 spiro atoms. The molecule has 1 rings (SSSR count). The maximum Gasteiger partial charge on any atom is 0.258 e. The Hall–Kier alpha value is -2.06. The van der Waals surface area contributed by atoms with E-state index < -0.39 is 5.60 Å². The van der Waals surface area contributed by atoms with E-state index in [-0.39, 0.29) is 19.1 Å². The molecule has 1 amide bonds. The number of carbonyl (C=O) groups is 1. The number of aliphatic hydroxyl groups is 1. The van der Waals surface area contributed by atoms with Crippen molar-refractivity contribution >= 4 is 5.91 Å². The summed E-state index contributed by atoms with van der Waals surface area (Å²) in [6, 6.07) is 8.75. The molecule has 5 heteroatoms. The van der Waals surface area contributed by atoms with Crippen LogP contribution in [0.4, 0.5) is 0 Å². The Morgan fingerprint density at radius 2 is 2.14 bits per heavy atom. The number of hydrogen-bond donors (Lipinski definition) is 2. The van der Waals surface area contributed by atoms with Crippen molar-refractivity contribution in [2.75, 3.05) is 13.2 Å². The van der Waals surface area contributed by atoms with Gasteiger partial charge in [-0.25, -0.2) is 0 Å². The molecule has 1 unspecified atom stereocenters. The highest BCUT2D eigenvalue weighted by Gasteiger charge is 2.21. The van der Waals surface area contributed by atoms with Gasteiger partial charge in [-0.3, -0.25) is 4.79 Å². The Bertz CT molecular complexity index is 533. The Morgan fingerprint density at radius 1 is 1.45 bits per heavy atom. The number of para-hydroxylation sites is 1. The number of ether oxygens (including phenoxy) is 1. The second-order valence-electron chi connectivity index (χ2n) is 6.10. The summed E-state index contributed by atoms with van der Waals surface area (Å²) in [5.41, 5.74) is -0.538. The van der Waals surface area contributed by atoms with E-state index in [1.165, 1.54) is 0 Å². The molecule has 0 saturated heterocycles. The number of nitrogens with zero attached hydrogens (tertiary/aromatic N) is 1. The van der Waals surface area contributed by atoms with Crippen LogP contribution >= 0.6 is 0 Å². The number of nitrogens with one attached hydrogen (secondary N) is 1. The van der Waals surface area contributed by atoms with E-state index in [4.69, 9.17) is 10.00 Å². The lowest BCUT2D eigenvalue weighted by molar-refractivity contribution is -0.124. The fourth-order valence-corrected chi connectivity index (χ4v) is 1.86. The number of amides is 1. The van der Waals surface area contributed by atoms with E-state index in [9.17, 15) is 9.90 Å². The maximum atomic E-state index is 11.8. The third-order valence-electron chi connectivity index (χ3n) is 3.29. The summed E-state index contributed by atoms with van der Waals surface area (Å²) in [7, 11) is 0. The lowest BCUT2D eigenvalue weighted by atomic mass is 9.95. The van der Waals surface area contributed by atoms with Crippen LogP contribution in [0.2, 0.25) is 0 Å². The average molecular weight is 304 g/mol. The van der Waals surface area contributed by atoms with E-state index in [1.807, 2.05) is 6.07 Å². The van der Waals surface area contributed by atoms with Gasteiger partial charge in [-0.05, 0) is 37.8 Å². The van der Waals surface area contributed by atoms with Crippen LogP contribution in [0.5, 0.6) is 5.75 Å². The van der Waals surface area contributed by atoms with Gasteiger partial charge in [0.2, 0.25) is 0 Å². The van der Waals surface area contributed by atoms with Crippen molar-refractivity contribution in [3.8, 4) is 11.8 Å². The largest absolute Gasteiger partial charge is 0.482 e. The minimum Gasteiger partial charge on any atom is -0.482 e. The summed E-state index contributed by atoms with van der Waals surface area (Å²) < 4.78 is 5.34. The first-order valence-corrected chi connectivity index (χ1v) is 7.45. The average Bonchev–Trinajstić information content (AvgIpc) is 2.49. The maximum absolute atomic E-state index is 11.8. The zero-order chi connectivity index (χ0) is 16.6. The van der Waals surface area contributed by atoms with E-state index in [2.05, 4.69) is 19.2 Å². The van der Waals surface area contributed by atoms with Gasteiger partial charge in [0.15, 0.2) is 6.61 Å². The van der Waals surface area contributed by atoms with Gasteiger partial charge in [-0.1, -0.05) is 26.0 Å². The van der Waals surface area contributed by atoms with Crippen molar-refractivity contribution in [2.45, 2.75) is 39.2 Å². The molecule has 1 aromatic carbocycles. The predicted octanol–water partition coefficient (Wildman–Crippen LogP) is 2.24. The zero-order valence-electron chi connectivity index (χ0n) is 13.4. The van der Waals surface area contributed by atoms with Crippen LogP contribution in [0.3, 0.4) is 0 Å². The van der Waals surface area contributed by atoms with Gasteiger partial charge in [0.1, 0.15) is 11.8 Å². The second-order valence-corrected chi connectivity index (χ2v) is 6.10. The van der Waals surface area contributed by atoms with Crippen molar-refractivity contribution in [2.24, 2.45) is 5.92 Å². The fraction of sp³-hybridized carbons (Fsp3) is 0.529. The number of rotatable bonds is 8. The first-order chi connectivity index (χ1) is 10.3. The van der Waals surface area contributed by atoms with Crippen LogP contribution in [0.1, 0.15) is 39.2 Å². The van der Waals surface area contributed by atoms with Crippen LogP contribution in [-0.4, -0.2) is 29.8 Å². The summed E-state index contributed by atoms with van der Waals surface area (Å²) in [4.78, 5) is 11.8. The third kappa shape index (κ3) is 6.59. The smallest absolute Gasteiger partial charge is 0.258 e. The van der Waals surface area contributed by atoms with Gasteiger partial charge in [-0.2, -0.15) is 5.26 Å². The molecule has 0 aliphatic rings. The highest BCUT2D eigenvalue weighted by atomic mass is 16.5. The molecule has 5 nitrogen and oxygen atoms in total. The molecule has 22 heavy (non-hydrogen) atoms. The fourth-order valence-electron chi connectivity index (χ4n) is 1.86. The molecule has 0 radical (unpaired) electrons. The molecule has 0 saturated carbocycles. The van der Waals surface area contributed by atoms with Crippen molar-refractivity contribution in [3.05, 3.63) is 29.8 Å². The van der Waals surface area contributed by atoms with Crippen LogP contribution < -0.4 is 10.1 Å². The third-order valence-corrected chi connectivity index (χ3v) is 3.29. The van der Waals surface area contributed by atoms with Crippen molar-refractivity contribution in [1.29, 1.82) is 5.26 Å². The highest BCUT2D eigenvalue weighted by molar-refractivity contribution is 5.77. The topological polar surface area (TPSA) is 82.3 Å². The quantitative estimate of drug-likeness (QED) is 0.771. The van der Waals surface area contributed by atoms with E-state index >= 15 is 0 Å². The molecule has 0 aliphatic carbocycles. The molecule has 1 aromatic rings. The van der Waals surface area contributed by atoms with E-state index in [0.717, 1.165) is 6.42 Å². The first kappa shape index (κ1) is 18.0. The molecule has 0 heterocycles. The SMILES string of the molecule is CC(C)CCC(C)(O)CNC(=O)COc1ccccc1C#N. The van der Waals surface area contributed by atoms with Gasteiger partial charge in [0.05, 0.1) is 11.2 Å². The lowest BCUT2D eigenvalue weighted by Gasteiger charge is -2.24. The van der Waals surface area contributed by atoms with Gasteiger partial charge in [0.25, 0.3) is 5.91 Å². The molecule has 2 N–H and O–H groups in total. The number of hydrogen-bond acceptors (Lipinski definition) is 4. The Kier molecular flexibility index (Phi) is 6.87. The molecule has 0 aliphatic heterocycles. The normalized spacial score (nSPS) is 13.3. The lowest BCUT2D eigenvalue weighted by Crippen LogP contribution is -2.42. The Morgan fingerprint density at radius 3 is 2.77 bits per heavy atom. The summed E-state index contributed by atoms with van der Waals surface area (Å²) >= 11 is 0. The van der Waals surface area contributed by atoms with Crippen molar-refractivity contribution < 1.29 is 14.6 Å². The summed E-state index contributed by atoms with van der Waals surface area (Å²) in [5.74, 6) is 0.567. The van der Waals surface area contributed by atoms with Crippen LogP contribution in [0.15, 0.2) is 24.3 Å². The minimum atomic E-state index is -0.926. The number of nitriles is 1. The first-order valence-electron chi connectivity index (χ1n) is 7.45. The molecule has 1 atom stereocenters. The molecular weight excluding hydrogens is 280 g/mol. The summed E-state index contributed by atoms with van der Waals surface area (Å²) in [6.07, 6.45) is 1.53. The predicted molar refractivity (Wildman–Crippen MR) is 84.4 cm³/mol. The van der Waals surface area contributed by atoms with Crippen LogP contribution in [-0.2, 0) is 4.79 Å². The van der Waals surface area contributed by atoms with Crippen molar-refractivity contribution in [1.82, 2.24) is 5.32 Å². The van der Waals surface area contributed by atoms with Crippen LogP contribution in [0, 0.1) is 17.2 Å². The molecule has 0 aromatic heterocycles. The summed E-state index contributed by atoms with van der Waals surface area (Å²) in [5, 5.41) is 21.8. The number of benzene rings is 1. The monoisotopic (exact) mass is 304 g/mol. The number of carbonyl (C=O) groups excluding carboxylic acids is 1. The molecule has 0 bridgehead atoms. The van der Waals surface area contributed by atoms with Gasteiger partial charge >= 0.3 is 0 Å². The van der Waals surface area contributed by atoms with E-state index in [0.29, 0.717) is 23.7 Å². The standard InChI is InChI=1S/C17H24N2O3/c1-13(2)8-9-17(3,21)12-19-16(20)11-22-15-7-5-4-6-14(15)10-18/h4-7,13,21H,8-9,11-12H2,1-3H3,(H,19,20). The highest BCUT2D eigenvalue weighted by Crippen LogP contribution is 2.17. The van der Waals surface area contributed by atoms with Gasteiger partial charge in [-0.15, -0.1) is 0 Å². The summed E-state index contributed by atoms with van der Waals surface area (Å²) in [6.45, 7) is 5.90. The van der Waals surface area contributed by atoms with Gasteiger partial charge in [0, 0.05) is 6.54 Å². The molecular formula is C17H24N2O3. The minimum absolute atomic E-state index is 0.182. The van der Waals surface area contributed by atoms with Gasteiger partial charge < -0.3 is 15.2 Å². The zero-order valence-corrected chi connectivity index (χ0v) is 13.4. The molecule has 120 valence electrons. The molecule has 0 fully saturated rings. The second kappa shape index (κ2) is 8.40. The Labute approximate surface area is 131 Å². The van der Waals surface area contributed by atoms with Crippen LogP contribution in [0.25, 0.3) is 0 Å². The van der Waals surface area contributed by atoms with E-state index in [1.54, 1.807) is 31.2 Å².